The summed E-state index contributed by atoms with van der Waals surface area (Å²) in [6.45, 7) is 2.41. The van der Waals surface area contributed by atoms with Gasteiger partial charge in [-0.15, -0.1) is 0 Å². The minimum absolute atomic E-state index is 0.142. The second kappa shape index (κ2) is 8.31. The Morgan fingerprint density at radius 3 is 2.43 bits per heavy atom. The van der Waals surface area contributed by atoms with Crippen LogP contribution in [0, 0.1) is 0 Å². The standard InChI is InChI=1S/C20H22N2O7S/c1-2-30(24,25)22(15-4-6-16-19(10-15)27-8-7-26-16)12-20(23)21-11-14-3-5-17-18(9-14)29-13-28-17/h3-6,9-10H,2,7-8,11-13H2,1H3,(H,21,23). The third-order valence-corrected chi connectivity index (χ3v) is 6.47. The highest BCUT2D eigenvalue weighted by Gasteiger charge is 2.25. The quantitative estimate of drug-likeness (QED) is 0.707. The van der Waals surface area contributed by atoms with Gasteiger partial charge in [-0.2, -0.15) is 0 Å². The predicted octanol–water partition coefficient (Wildman–Crippen LogP) is 1.66. The molecule has 4 rings (SSSR count). The van der Waals surface area contributed by atoms with Crippen LogP contribution in [0.2, 0.25) is 0 Å². The topological polar surface area (TPSA) is 103 Å². The summed E-state index contributed by atoms with van der Waals surface area (Å²) >= 11 is 0. The number of hydrogen-bond donors (Lipinski definition) is 1. The van der Waals surface area contributed by atoms with Crippen LogP contribution in [0.5, 0.6) is 23.0 Å². The third kappa shape index (κ3) is 4.23. The molecule has 1 amide bonds. The van der Waals surface area contributed by atoms with Crippen LogP contribution in [-0.2, 0) is 21.4 Å². The van der Waals surface area contributed by atoms with Crippen LogP contribution in [0.3, 0.4) is 0 Å². The number of carbonyl (C=O) groups is 1. The van der Waals surface area contributed by atoms with Crippen molar-refractivity contribution in [3.8, 4) is 23.0 Å². The Balaban J connectivity index is 1.47. The van der Waals surface area contributed by atoms with Crippen LogP contribution < -0.4 is 28.6 Å². The number of anilines is 1. The number of fused-ring (bicyclic) bond motifs is 2. The molecule has 0 aromatic heterocycles. The number of amides is 1. The highest BCUT2D eigenvalue weighted by atomic mass is 32.2. The second-order valence-corrected chi connectivity index (χ2v) is 8.88. The molecule has 10 heteroatoms. The van der Waals surface area contributed by atoms with E-state index >= 15 is 0 Å². The minimum atomic E-state index is -3.69. The zero-order valence-electron chi connectivity index (χ0n) is 16.4. The zero-order valence-corrected chi connectivity index (χ0v) is 17.2. The van der Waals surface area contributed by atoms with Gasteiger partial charge >= 0.3 is 0 Å². The van der Waals surface area contributed by atoms with Gasteiger partial charge in [-0.25, -0.2) is 8.42 Å². The summed E-state index contributed by atoms with van der Waals surface area (Å²) in [5.41, 5.74) is 1.16. The van der Waals surface area contributed by atoms with Crippen LogP contribution in [-0.4, -0.2) is 46.6 Å². The molecule has 0 spiro atoms. The second-order valence-electron chi connectivity index (χ2n) is 6.70. The van der Waals surface area contributed by atoms with E-state index in [-0.39, 0.29) is 25.6 Å². The predicted molar refractivity (Wildman–Crippen MR) is 109 cm³/mol. The van der Waals surface area contributed by atoms with Gasteiger partial charge in [0.25, 0.3) is 0 Å². The molecule has 1 N–H and O–H groups in total. The van der Waals surface area contributed by atoms with Crippen LogP contribution in [0.1, 0.15) is 12.5 Å². The molecule has 2 aliphatic rings. The van der Waals surface area contributed by atoms with Crippen molar-refractivity contribution in [1.29, 1.82) is 0 Å². The average molecular weight is 434 g/mol. The Morgan fingerprint density at radius 2 is 1.63 bits per heavy atom. The molecule has 0 bridgehead atoms. The number of ether oxygens (including phenoxy) is 4. The zero-order chi connectivity index (χ0) is 21.1. The van der Waals surface area contributed by atoms with Gasteiger partial charge < -0.3 is 24.3 Å². The van der Waals surface area contributed by atoms with Gasteiger partial charge in [-0.3, -0.25) is 9.10 Å². The fourth-order valence-electron chi connectivity index (χ4n) is 3.13. The first-order chi connectivity index (χ1) is 14.5. The van der Waals surface area contributed by atoms with E-state index in [2.05, 4.69) is 5.32 Å². The summed E-state index contributed by atoms with van der Waals surface area (Å²) in [7, 11) is -3.69. The summed E-state index contributed by atoms with van der Waals surface area (Å²) < 4.78 is 48.0. The van der Waals surface area contributed by atoms with E-state index in [0.29, 0.717) is 41.9 Å². The summed E-state index contributed by atoms with van der Waals surface area (Å²) in [5.74, 6) is 1.70. The highest BCUT2D eigenvalue weighted by molar-refractivity contribution is 7.92. The van der Waals surface area contributed by atoms with Crippen molar-refractivity contribution in [2.45, 2.75) is 13.5 Å². The van der Waals surface area contributed by atoms with E-state index in [0.717, 1.165) is 9.87 Å². The fraction of sp³-hybridized carbons (Fsp3) is 0.350. The molecule has 30 heavy (non-hydrogen) atoms. The fourth-order valence-corrected chi connectivity index (χ4v) is 4.19. The average Bonchev–Trinajstić information content (AvgIpc) is 3.23. The van der Waals surface area contributed by atoms with E-state index in [4.69, 9.17) is 18.9 Å². The molecule has 2 aliphatic heterocycles. The van der Waals surface area contributed by atoms with Crippen LogP contribution in [0.15, 0.2) is 36.4 Å². The Kier molecular flexibility index (Phi) is 5.58. The maximum atomic E-state index is 12.6. The molecule has 0 fully saturated rings. The Bertz CT molecular complexity index is 1060. The lowest BCUT2D eigenvalue weighted by atomic mass is 10.2. The van der Waals surface area contributed by atoms with Gasteiger partial charge in [-0.05, 0) is 36.8 Å². The minimum Gasteiger partial charge on any atom is -0.486 e. The Morgan fingerprint density at radius 1 is 0.967 bits per heavy atom. The molecule has 9 nitrogen and oxygen atoms in total. The van der Waals surface area contributed by atoms with E-state index in [9.17, 15) is 13.2 Å². The molecular weight excluding hydrogens is 412 g/mol. The van der Waals surface area contributed by atoms with Crippen molar-refractivity contribution in [2.24, 2.45) is 0 Å². The van der Waals surface area contributed by atoms with E-state index in [1.807, 2.05) is 6.07 Å². The van der Waals surface area contributed by atoms with Crippen molar-refractivity contribution in [3.05, 3.63) is 42.0 Å². The van der Waals surface area contributed by atoms with Crippen molar-refractivity contribution in [1.82, 2.24) is 5.32 Å². The van der Waals surface area contributed by atoms with Gasteiger partial charge in [0.15, 0.2) is 23.0 Å². The number of sulfonamides is 1. The number of nitrogens with one attached hydrogen (secondary N) is 1. The lowest BCUT2D eigenvalue weighted by Crippen LogP contribution is -2.41. The van der Waals surface area contributed by atoms with E-state index in [1.54, 1.807) is 30.3 Å². The van der Waals surface area contributed by atoms with E-state index in [1.165, 1.54) is 6.92 Å². The van der Waals surface area contributed by atoms with Crippen LogP contribution in [0.4, 0.5) is 5.69 Å². The summed E-state index contributed by atoms with van der Waals surface area (Å²) in [4.78, 5) is 12.6. The number of nitrogens with zero attached hydrogens (tertiary/aromatic N) is 1. The number of hydrogen-bond acceptors (Lipinski definition) is 7. The molecular formula is C20H22N2O7S. The van der Waals surface area contributed by atoms with Crippen molar-refractivity contribution >= 4 is 21.6 Å². The van der Waals surface area contributed by atoms with Gasteiger partial charge in [0.05, 0.1) is 11.4 Å². The number of rotatable bonds is 7. The van der Waals surface area contributed by atoms with Crippen LogP contribution >= 0.6 is 0 Å². The molecule has 160 valence electrons. The summed E-state index contributed by atoms with van der Waals surface area (Å²) in [5, 5.41) is 2.75. The first kappa shape index (κ1) is 20.1. The Hall–Kier alpha value is -3.14. The van der Waals surface area contributed by atoms with Gasteiger partial charge in [0.1, 0.15) is 19.8 Å². The smallest absolute Gasteiger partial charge is 0.241 e. The largest absolute Gasteiger partial charge is 0.486 e. The van der Waals surface area contributed by atoms with Crippen molar-refractivity contribution < 1.29 is 32.2 Å². The molecule has 0 atom stereocenters. The van der Waals surface area contributed by atoms with Crippen LogP contribution in [0.25, 0.3) is 0 Å². The van der Waals surface area contributed by atoms with Gasteiger partial charge in [0, 0.05) is 12.6 Å². The number of carbonyl (C=O) groups excluding carboxylic acids is 1. The lowest BCUT2D eigenvalue weighted by molar-refractivity contribution is -0.119. The van der Waals surface area contributed by atoms with Crippen molar-refractivity contribution in [2.75, 3.05) is 36.6 Å². The normalized spacial score (nSPS) is 14.3. The molecule has 2 heterocycles. The lowest BCUT2D eigenvalue weighted by Gasteiger charge is -2.25. The molecule has 2 aromatic carbocycles. The molecule has 0 saturated carbocycles. The maximum Gasteiger partial charge on any atom is 0.241 e. The molecule has 0 unspecified atom stereocenters. The number of benzene rings is 2. The monoisotopic (exact) mass is 434 g/mol. The summed E-state index contributed by atoms with van der Waals surface area (Å²) in [6.07, 6.45) is 0. The highest BCUT2D eigenvalue weighted by Crippen LogP contribution is 2.35. The molecule has 2 aromatic rings. The SMILES string of the molecule is CCS(=O)(=O)N(CC(=O)NCc1ccc2c(c1)OCO2)c1ccc2c(c1)OCCO2. The summed E-state index contributed by atoms with van der Waals surface area (Å²) in [6, 6.07) is 10.2. The molecule has 0 saturated heterocycles. The first-order valence-electron chi connectivity index (χ1n) is 9.51. The molecule has 0 radical (unpaired) electrons. The van der Waals surface area contributed by atoms with Gasteiger partial charge in [0.2, 0.25) is 22.7 Å². The third-order valence-electron chi connectivity index (χ3n) is 4.73. The van der Waals surface area contributed by atoms with Gasteiger partial charge in [-0.1, -0.05) is 6.07 Å². The maximum absolute atomic E-state index is 12.6. The van der Waals surface area contributed by atoms with Crippen molar-refractivity contribution in [3.63, 3.8) is 0 Å². The Labute approximate surface area is 174 Å². The van der Waals surface area contributed by atoms with E-state index < -0.39 is 15.9 Å². The first-order valence-corrected chi connectivity index (χ1v) is 11.1. The molecule has 0 aliphatic carbocycles.